The van der Waals surface area contributed by atoms with Gasteiger partial charge < -0.3 is 9.64 Å². The molecule has 1 aromatic rings. The summed E-state index contributed by atoms with van der Waals surface area (Å²) in [4.78, 5) is 2.36. The van der Waals surface area contributed by atoms with Crippen molar-refractivity contribution < 1.29 is 4.74 Å². The van der Waals surface area contributed by atoms with Crippen LogP contribution in [0.2, 0.25) is 0 Å². The second-order valence-corrected chi connectivity index (χ2v) is 4.29. The Morgan fingerprint density at radius 2 is 2.07 bits per heavy atom. The molecule has 0 spiro atoms. The van der Waals surface area contributed by atoms with Crippen LogP contribution in [0.25, 0.3) is 0 Å². The quantitative estimate of drug-likeness (QED) is 0.672. The first-order valence-corrected chi connectivity index (χ1v) is 5.02. The zero-order valence-electron chi connectivity index (χ0n) is 8.79. The number of hydrogen-bond acceptors (Lipinski definition) is 2. The van der Waals surface area contributed by atoms with Gasteiger partial charge in [-0.15, -0.1) is 0 Å². The van der Waals surface area contributed by atoms with E-state index in [1.807, 2.05) is 12.1 Å². The molecule has 75 valence electrons. The minimum Gasteiger partial charge on any atom is -0.372 e. The first-order chi connectivity index (χ1) is 6.67. The first-order valence-electron chi connectivity index (χ1n) is 5.02. The van der Waals surface area contributed by atoms with E-state index in [1.165, 1.54) is 5.69 Å². The van der Waals surface area contributed by atoms with E-state index in [4.69, 9.17) is 4.74 Å². The maximum absolute atomic E-state index is 5.67. The highest BCUT2D eigenvalue weighted by atomic mass is 16.5. The van der Waals surface area contributed by atoms with Gasteiger partial charge in [-0.05, 0) is 32.0 Å². The Morgan fingerprint density at radius 1 is 1.36 bits per heavy atom. The van der Waals surface area contributed by atoms with E-state index < -0.39 is 0 Å². The molecule has 0 N–H and O–H groups in total. The third kappa shape index (κ3) is 2.07. The van der Waals surface area contributed by atoms with Gasteiger partial charge in [-0.1, -0.05) is 12.1 Å². The van der Waals surface area contributed by atoms with Crippen molar-refractivity contribution in [3.63, 3.8) is 0 Å². The molecule has 0 bridgehead atoms. The van der Waals surface area contributed by atoms with E-state index in [9.17, 15) is 0 Å². The average Bonchev–Trinajstić information content (AvgIpc) is 2.18. The monoisotopic (exact) mass is 190 g/mol. The van der Waals surface area contributed by atoms with Crippen molar-refractivity contribution >= 4 is 5.69 Å². The normalized spacial score (nSPS) is 20.9. The zero-order chi connectivity index (χ0) is 10.0. The third-order valence-corrected chi connectivity index (χ3v) is 2.49. The van der Waals surface area contributed by atoms with Crippen LogP contribution < -0.4 is 4.90 Å². The van der Waals surface area contributed by atoms with Crippen molar-refractivity contribution in [1.82, 2.24) is 0 Å². The second-order valence-electron chi connectivity index (χ2n) is 4.29. The lowest BCUT2D eigenvalue weighted by atomic mass is 10.1. The molecular formula is C12H16NO. The Bertz CT molecular complexity index is 294. The van der Waals surface area contributed by atoms with Gasteiger partial charge in [-0.3, -0.25) is 0 Å². The van der Waals surface area contributed by atoms with Crippen LogP contribution in [0.15, 0.2) is 24.3 Å². The van der Waals surface area contributed by atoms with E-state index in [1.54, 1.807) is 0 Å². The van der Waals surface area contributed by atoms with Gasteiger partial charge in [-0.25, -0.2) is 0 Å². The molecule has 1 aliphatic rings. The highest BCUT2D eigenvalue weighted by molar-refractivity contribution is 5.46. The van der Waals surface area contributed by atoms with Crippen molar-refractivity contribution in [2.75, 3.05) is 24.6 Å². The van der Waals surface area contributed by atoms with Crippen molar-refractivity contribution in [3.05, 3.63) is 30.3 Å². The van der Waals surface area contributed by atoms with Gasteiger partial charge in [0.05, 0.1) is 12.2 Å². The van der Waals surface area contributed by atoms with Crippen LogP contribution >= 0.6 is 0 Å². The first kappa shape index (κ1) is 9.53. The number of rotatable bonds is 1. The summed E-state index contributed by atoms with van der Waals surface area (Å²) in [6.45, 7) is 7.01. The van der Waals surface area contributed by atoms with E-state index in [0.717, 1.165) is 19.7 Å². The largest absolute Gasteiger partial charge is 0.372 e. The van der Waals surface area contributed by atoms with Crippen LogP contribution in [0, 0.1) is 6.07 Å². The molecule has 2 rings (SSSR count). The summed E-state index contributed by atoms with van der Waals surface area (Å²) in [5.74, 6) is 0. The van der Waals surface area contributed by atoms with Gasteiger partial charge in [0.25, 0.3) is 0 Å². The van der Waals surface area contributed by atoms with Gasteiger partial charge in [0.2, 0.25) is 0 Å². The number of morpholine rings is 1. The predicted molar refractivity (Wildman–Crippen MR) is 57.5 cm³/mol. The molecular weight excluding hydrogens is 174 g/mol. The van der Waals surface area contributed by atoms with Crippen LogP contribution in [0.4, 0.5) is 5.69 Å². The SMILES string of the molecule is CC1(C)CN(c2cc[c]cc2)CCO1. The Kier molecular flexibility index (Phi) is 2.46. The molecule has 0 aliphatic carbocycles. The molecule has 1 aromatic carbocycles. The van der Waals surface area contributed by atoms with Crippen molar-refractivity contribution in [3.8, 4) is 0 Å². The summed E-state index contributed by atoms with van der Waals surface area (Å²) in [7, 11) is 0. The molecule has 14 heavy (non-hydrogen) atoms. The van der Waals surface area contributed by atoms with Crippen LogP contribution in [0.3, 0.4) is 0 Å². The summed E-state index contributed by atoms with van der Waals surface area (Å²) >= 11 is 0. The average molecular weight is 190 g/mol. The predicted octanol–water partition coefficient (Wildman–Crippen LogP) is 2.10. The minimum atomic E-state index is -0.0300. The molecule has 0 unspecified atom stereocenters. The molecule has 0 atom stereocenters. The van der Waals surface area contributed by atoms with E-state index in [2.05, 4.69) is 36.9 Å². The van der Waals surface area contributed by atoms with E-state index >= 15 is 0 Å². The Hall–Kier alpha value is -1.02. The fraction of sp³-hybridized carbons (Fsp3) is 0.500. The van der Waals surface area contributed by atoms with Crippen LogP contribution in [-0.2, 0) is 4.74 Å². The molecule has 0 aromatic heterocycles. The molecule has 1 heterocycles. The van der Waals surface area contributed by atoms with Crippen molar-refractivity contribution in [1.29, 1.82) is 0 Å². The number of anilines is 1. The highest BCUT2D eigenvalue weighted by Gasteiger charge is 2.26. The summed E-state index contributed by atoms with van der Waals surface area (Å²) in [5.41, 5.74) is 1.23. The molecule has 1 aliphatic heterocycles. The molecule has 2 nitrogen and oxygen atoms in total. The van der Waals surface area contributed by atoms with Gasteiger partial charge in [0.1, 0.15) is 0 Å². The summed E-state index contributed by atoms with van der Waals surface area (Å²) < 4.78 is 5.67. The zero-order valence-corrected chi connectivity index (χ0v) is 8.79. The highest BCUT2D eigenvalue weighted by Crippen LogP contribution is 2.22. The number of ether oxygens (including phenoxy) is 1. The maximum Gasteiger partial charge on any atom is 0.0801 e. The number of nitrogens with zero attached hydrogens (tertiary/aromatic N) is 1. The Morgan fingerprint density at radius 3 is 2.71 bits per heavy atom. The summed E-state index contributed by atoms with van der Waals surface area (Å²) in [6.07, 6.45) is 0. The lowest BCUT2D eigenvalue weighted by Crippen LogP contribution is -2.48. The van der Waals surface area contributed by atoms with E-state index in [0.29, 0.717) is 0 Å². The second kappa shape index (κ2) is 3.62. The smallest absolute Gasteiger partial charge is 0.0801 e. The molecule has 1 fully saturated rings. The fourth-order valence-corrected chi connectivity index (χ4v) is 1.83. The lowest BCUT2D eigenvalue weighted by molar-refractivity contribution is -0.0276. The van der Waals surface area contributed by atoms with Gasteiger partial charge in [-0.2, -0.15) is 0 Å². The molecule has 2 heteroatoms. The standard InChI is InChI=1S/C12H16NO/c1-12(2)10-13(8-9-14-12)11-6-4-3-5-7-11/h4-7H,8-10H2,1-2H3. The van der Waals surface area contributed by atoms with Crippen LogP contribution in [0.5, 0.6) is 0 Å². The Labute approximate surface area is 85.5 Å². The molecule has 0 saturated carbocycles. The van der Waals surface area contributed by atoms with Gasteiger partial charge >= 0.3 is 0 Å². The number of hydrogen-bond donors (Lipinski definition) is 0. The topological polar surface area (TPSA) is 12.5 Å². The fourth-order valence-electron chi connectivity index (χ4n) is 1.83. The molecule has 1 radical (unpaired) electrons. The summed E-state index contributed by atoms with van der Waals surface area (Å²) in [5, 5.41) is 0. The van der Waals surface area contributed by atoms with E-state index in [-0.39, 0.29) is 5.60 Å². The van der Waals surface area contributed by atoms with Crippen LogP contribution in [-0.4, -0.2) is 25.3 Å². The Balaban J connectivity index is 2.12. The van der Waals surface area contributed by atoms with Crippen LogP contribution in [0.1, 0.15) is 13.8 Å². The van der Waals surface area contributed by atoms with Crippen molar-refractivity contribution in [2.45, 2.75) is 19.4 Å². The lowest BCUT2D eigenvalue weighted by Gasteiger charge is -2.39. The van der Waals surface area contributed by atoms with Crippen molar-refractivity contribution in [2.24, 2.45) is 0 Å². The maximum atomic E-state index is 5.67. The van der Waals surface area contributed by atoms with Gasteiger partial charge in [0.15, 0.2) is 0 Å². The number of benzene rings is 1. The molecule has 1 saturated heterocycles. The summed E-state index contributed by atoms with van der Waals surface area (Å²) in [6, 6.07) is 11.1. The minimum absolute atomic E-state index is 0.0300. The van der Waals surface area contributed by atoms with Gasteiger partial charge in [0, 0.05) is 18.8 Å². The molecule has 0 amide bonds. The third-order valence-electron chi connectivity index (χ3n) is 2.49.